The summed E-state index contributed by atoms with van der Waals surface area (Å²) in [6, 6.07) is 21.4. The van der Waals surface area contributed by atoms with E-state index in [1.165, 1.54) is 23.1 Å². The summed E-state index contributed by atoms with van der Waals surface area (Å²) in [4.78, 5) is 41.8. The molecular weight excluding hydrogens is 582 g/mol. The molecule has 0 radical (unpaired) electrons. The number of halogens is 1. The molecule has 204 valence electrons. The average molecular weight is 613 g/mol. The number of amides is 3. The van der Waals surface area contributed by atoms with E-state index < -0.39 is 34.4 Å². The number of rotatable bonds is 10. The number of sulfonamides is 1. The van der Waals surface area contributed by atoms with Gasteiger partial charge in [0.05, 0.1) is 5.56 Å². The third-order valence-electron chi connectivity index (χ3n) is 6.73. The Morgan fingerprint density at radius 1 is 0.949 bits per heavy atom. The summed E-state index contributed by atoms with van der Waals surface area (Å²) in [6.07, 6.45) is 0.912. The van der Waals surface area contributed by atoms with Gasteiger partial charge in [0.1, 0.15) is 17.5 Å². The molecule has 3 aromatic carbocycles. The first-order valence-electron chi connectivity index (χ1n) is 12.7. The molecule has 2 atom stereocenters. The third kappa shape index (κ3) is 6.39. The van der Waals surface area contributed by atoms with Crippen LogP contribution in [0.15, 0.2) is 88.2 Å². The number of carbonyl (C=O) groups is 3. The molecule has 0 saturated heterocycles. The first-order chi connectivity index (χ1) is 18.6. The number of hydrogen-bond acceptors (Lipinski definition) is 5. The van der Waals surface area contributed by atoms with Crippen LogP contribution in [0.25, 0.3) is 0 Å². The smallest absolute Gasteiger partial charge is 0.269 e. The summed E-state index contributed by atoms with van der Waals surface area (Å²) in [5, 5.41) is 2.97. The van der Waals surface area contributed by atoms with E-state index in [1.807, 2.05) is 68.4 Å². The highest BCUT2D eigenvalue weighted by atomic mass is 79.9. The Morgan fingerprint density at radius 3 is 2.23 bits per heavy atom. The molecule has 4 rings (SSSR count). The van der Waals surface area contributed by atoms with Gasteiger partial charge in [0, 0.05) is 23.5 Å². The molecule has 3 aromatic rings. The maximum absolute atomic E-state index is 13.9. The number of nitrogens with one attached hydrogen (secondary N) is 1. The maximum Gasteiger partial charge on any atom is 0.269 e. The monoisotopic (exact) mass is 611 g/mol. The Labute approximate surface area is 237 Å². The molecule has 1 aliphatic rings. The number of carbonyl (C=O) groups excluding carboxylic acids is 3. The van der Waals surface area contributed by atoms with Crippen LogP contribution in [0, 0.1) is 0 Å². The summed E-state index contributed by atoms with van der Waals surface area (Å²) in [5.74, 6) is -1.76. The number of benzene rings is 3. The second kappa shape index (κ2) is 12.1. The van der Waals surface area contributed by atoms with Crippen LogP contribution in [0.4, 0.5) is 0 Å². The lowest BCUT2D eigenvalue weighted by Gasteiger charge is -2.33. The Bertz CT molecular complexity index is 1460. The Morgan fingerprint density at radius 2 is 1.59 bits per heavy atom. The van der Waals surface area contributed by atoms with Crippen LogP contribution in [-0.2, 0) is 32.6 Å². The summed E-state index contributed by atoms with van der Waals surface area (Å²) < 4.78 is 27.8. The van der Waals surface area contributed by atoms with E-state index in [0.29, 0.717) is 10.7 Å². The van der Waals surface area contributed by atoms with E-state index in [2.05, 4.69) is 21.2 Å². The molecule has 0 aliphatic carbocycles. The molecule has 1 N–H and O–H groups in total. The van der Waals surface area contributed by atoms with Gasteiger partial charge in [-0.2, -0.15) is 0 Å². The van der Waals surface area contributed by atoms with E-state index in [-0.39, 0.29) is 35.4 Å². The summed E-state index contributed by atoms with van der Waals surface area (Å²) >= 11 is 3.41. The van der Waals surface area contributed by atoms with Crippen molar-refractivity contribution in [3.63, 3.8) is 0 Å². The van der Waals surface area contributed by atoms with Crippen molar-refractivity contribution in [2.24, 2.45) is 0 Å². The highest BCUT2D eigenvalue weighted by Crippen LogP contribution is 2.30. The first kappa shape index (κ1) is 28.5. The topological polar surface area (TPSA) is 104 Å². The molecule has 8 nitrogen and oxygen atoms in total. The Balaban J connectivity index is 1.71. The van der Waals surface area contributed by atoms with Crippen molar-refractivity contribution in [2.75, 3.05) is 6.54 Å². The van der Waals surface area contributed by atoms with Crippen LogP contribution in [0.5, 0.6) is 0 Å². The molecule has 1 heterocycles. The normalized spacial score (nSPS) is 15.4. The van der Waals surface area contributed by atoms with Crippen molar-refractivity contribution >= 4 is 43.7 Å². The van der Waals surface area contributed by atoms with E-state index in [9.17, 15) is 22.8 Å². The lowest BCUT2D eigenvalue weighted by Crippen LogP contribution is -2.54. The fraction of sp³-hybridized carbons (Fsp3) is 0.276. The van der Waals surface area contributed by atoms with Crippen LogP contribution in [0.3, 0.4) is 0 Å². The van der Waals surface area contributed by atoms with Crippen molar-refractivity contribution in [3.05, 3.63) is 100 Å². The molecular formula is C29H30BrN3O5S. The standard InChI is InChI=1S/C29H30BrN3O5S/c1-3-20(2)31-28(35)25(17-21-9-5-4-6-10-21)32(18-22-13-15-23(30)16-14-22)27(34)19-33-29(36)24-11-7-8-12-26(24)39(33,37)38/h4-16,20,25H,3,17-19H2,1-2H3,(H,31,35)/t20-,25+/m1/s1. The van der Waals surface area contributed by atoms with Gasteiger partial charge in [0.25, 0.3) is 15.9 Å². The molecule has 10 heteroatoms. The van der Waals surface area contributed by atoms with Crippen molar-refractivity contribution < 1.29 is 22.8 Å². The fourth-order valence-electron chi connectivity index (χ4n) is 4.38. The van der Waals surface area contributed by atoms with E-state index in [4.69, 9.17) is 0 Å². The molecule has 0 fully saturated rings. The van der Waals surface area contributed by atoms with Gasteiger partial charge in [0.2, 0.25) is 11.8 Å². The van der Waals surface area contributed by atoms with Crippen molar-refractivity contribution in [3.8, 4) is 0 Å². The third-order valence-corrected chi connectivity index (χ3v) is 9.04. The second-order valence-corrected chi connectivity index (χ2v) is 12.2. The molecule has 1 aliphatic heterocycles. The Kier molecular flexibility index (Phi) is 8.87. The highest BCUT2D eigenvalue weighted by molar-refractivity contribution is 9.10. The van der Waals surface area contributed by atoms with Gasteiger partial charge < -0.3 is 10.2 Å². The lowest BCUT2D eigenvalue weighted by atomic mass is 10.0. The minimum atomic E-state index is -4.20. The van der Waals surface area contributed by atoms with Gasteiger partial charge in [-0.1, -0.05) is 77.5 Å². The van der Waals surface area contributed by atoms with Crippen molar-refractivity contribution in [1.29, 1.82) is 0 Å². The zero-order valence-electron chi connectivity index (χ0n) is 21.7. The summed E-state index contributed by atoms with van der Waals surface area (Å²) in [7, 11) is -4.20. The number of fused-ring (bicyclic) bond motifs is 1. The summed E-state index contributed by atoms with van der Waals surface area (Å²) in [6.45, 7) is 3.16. The predicted octanol–water partition coefficient (Wildman–Crippen LogP) is 4.15. The van der Waals surface area contributed by atoms with Gasteiger partial charge in [0.15, 0.2) is 0 Å². The van der Waals surface area contributed by atoms with Gasteiger partial charge in [-0.15, -0.1) is 0 Å². The average Bonchev–Trinajstić information content (AvgIpc) is 3.12. The van der Waals surface area contributed by atoms with Gasteiger partial charge >= 0.3 is 0 Å². The maximum atomic E-state index is 13.9. The van der Waals surface area contributed by atoms with E-state index in [0.717, 1.165) is 15.6 Å². The Hall–Kier alpha value is -3.50. The predicted molar refractivity (Wildman–Crippen MR) is 151 cm³/mol. The molecule has 0 unspecified atom stereocenters. The van der Waals surface area contributed by atoms with Crippen LogP contribution in [0.1, 0.15) is 41.8 Å². The molecule has 39 heavy (non-hydrogen) atoms. The first-order valence-corrected chi connectivity index (χ1v) is 14.9. The molecule has 0 aromatic heterocycles. The van der Waals surface area contributed by atoms with Crippen LogP contribution < -0.4 is 5.32 Å². The van der Waals surface area contributed by atoms with Crippen LogP contribution in [0.2, 0.25) is 0 Å². The lowest BCUT2D eigenvalue weighted by molar-refractivity contribution is -0.141. The minimum Gasteiger partial charge on any atom is -0.352 e. The molecule has 0 bridgehead atoms. The minimum absolute atomic E-state index is 0.0279. The zero-order chi connectivity index (χ0) is 28.2. The largest absolute Gasteiger partial charge is 0.352 e. The van der Waals surface area contributed by atoms with Gasteiger partial charge in [-0.3, -0.25) is 14.4 Å². The number of hydrogen-bond donors (Lipinski definition) is 1. The molecule has 0 saturated carbocycles. The summed E-state index contributed by atoms with van der Waals surface area (Å²) in [5.41, 5.74) is 1.62. The molecule has 3 amide bonds. The number of nitrogens with zero attached hydrogens (tertiary/aromatic N) is 2. The fourth-order valence-corrected chi connectivity index (χ4v) is 6.17. The van der Waals surface area contributed by atoms with Crippen molar-refractivity contribution in [2.45, 2.75) is 50.2 Å². The van der Waals surface area contributed by atoms with Crippen LogP contribution in [-0.4, -0.2) is 54.0 Å². The SMILES string of the molecule is CC[C@@H](C)NC(=O)[C@H](Cc1ccccc1)N(Cc1ccc(Br)cc1)C(=O)CN1C(=O)c2ccccc2S1(=O)=O. The van der Waals surface area contributed by atoms with E-state index in [1.54, 1.807) is 6.07 Å². The van der Waals surface area contributed by atoms with Gasteiger partial charge in [-0.25, -0.2) is 12.7 Å². The highest BCUT2D eigenvalue weighted by Gasteiger charge is 2.43. The van der Waals surface area contributed by atoms with Crippen LogP contribution >= 0.6 is 15.9 Å². The zero-order valence-corrected chi connectivity index (χ0v) is 24.1. The van der Waals surface area contributed by atoms with E-state index >= 15 is 0 Å². The second-order valence-electron chi connectivity index (χ2n) is 9.48. The van der Waals surface area contributed by atoms with Crippen molar-refractivity contribution in [1.82, 2.24) is 14.5 Å². The van der Waals surface area contributed by atoms with Gasteiger partial charge in [-0.05, 0) is 48.7 Å². The quantitative estimate of drug-likeness (QED) is 0.371. The molecule has 0 spiro atoms.